The van der Waals surface area contributed by atoms with Crippen molar-refractivity contribution >= 4 is 33.5 Å². The van der Waals surface area contributed by atoms with Crippen LogP contribution < -0.4 is 5.32 Å². The Kier molecular flexibility index (Phi) is 8.34. The van der Waals surface area contributed by atoms with Crippen LogP contribution in [0.25, 0.3) is 0 Å². The summed E-state index contributed by atoms with van der Waals surface area (Å²) in [6.45, 7) is 2.12. The molecular formula is C16H23ClN2O5S. The summed E-state index contributed by atoms with van der Waals surface area (Å²) in [5.74, 6) is -1.28. The molecule has 7 nitrogen and oxygen atoms in total. The summed E-state index contributed by atoms with van der Waals surface area (Å²) in [7, 11) is -0.951. The molecule has 0 atom stereocenters. The first kappa shape index (κ1) is 21.4. The van der Waals surface area contributed by atoms with Gasteiger partial charge >= 0.3 is 5.97 Å². The molecule has 0 fully saturated rings. The summed E-state index contributed by atoms with van der Waals surface area (Å²) in [6, 6.07) is 3.74. The molecule has 0 aromatic heterocycles. The van der Waals surface area contributed by atoms with E-state index in [1.807, 2.05) is 0 Å². The molecule has 0 bridgehead atoms. The fraction of sp³-hybridized carbons (Fsp3) is 0.500. The Labute approximate surface area is 153 Å². The van der Waals surface area contributed by atoms with E-state index in [1.165, 1.54) is 26.2 Å². The number of carbonyl (C=O) groups is 2. The number of ether oxygens (including phenoxy) is 1. The number of sulfonamides is 1. The molecule has 1 aromatic carbocycles. The SMILES string of the molecule is CCCCCNC(=O)COC(=O)c1cc(S(=O)(=O)N(C)C)ccc1Cl. The van der Waals surface area contributed by atoms with E-state index in [9.17, 15) is 18.0 Å². The maximum Gasteiger partial charge on any atom is 0.340 e. The average Bonchev–Trinajstić information content (AvgIpc) is 2.56. The Hall–Kier alpha value is -1.64. The maximum absolute atomic E-state index is 12.1. The Balaban J connectivity index is 2.74. The summed E-state index contributed by atoms with van der Waals surface area (Å²) in [5.41, 5.74) is -0.108. The second-order valence-electron chi connectivity index (χ2n) is 5.56. The van der Waals surface area contributed by atoms with Crippen LogP contribution in [0.1, 0.15) is 36.5 Å². The molecule has 0 spiro atoms. The van der Waals surface area contributed by atoms with Gasteiger partial charge in [-0.1, -0.05) is 31.4 Å². The van der Waals surface area contributed by atoms with Gasteiger partial charge < -0.3 is 10.1 Å². The van der Waals surface area contributed by atoms with Crippen molar-refractivity contribution < 1.29 is 22.7 Å². The number of nitrogens with one attached hydrogen (secondary N) is 1. The second kappa shape index (κ2) is 9.74. The molecule has 25 heavy (non-hydrogen) atoms. The molecule has 0 aliphatic rings. The Morgan fingerprint density at radius 3 is 2.52 bits per heavy atom. The average molecular weight is 391 g/mol. The minimum absolute atomic E-state index is 0.0473. The fourth-order valence-corrected chi connectivity index (χ4v) is 3.02. The number of nitrogens with zero attached hydrogens (tertiary/aromatic N) is 1. The summed E-state index contributed by atoms with van der Waals surface area (Å²) < 4.78 is 30.2. The number of esters is 1. The number of unbranched alkanes of at least 4 members (excludes halogenated alkanes) is 2. The second-order valence-corrected chi connectivity index (χ2v) is 8.12. The van der Waals surface area contributed by atoms with Crippen LogP contribution in [-0.2, 0) is 19.6 Å². The van der Waals surface area contributed by atoms with Gasteiger partial charge in [-0.15, -0.1) is 0 Å². The van der Waals surface area contributed by atoms with Gasteiger partial charge in [0, 0.05) is 20.6 Å². The van der Waals surface area contributed by atoms with Crippen LogP contribution in [0.2, 0.25) is 5.02 Å². The van der Waals surface area contributed by atoms with Gasteiger partial charge in [0.25, 0.3) is 5.91 Å². The summed E-state index contributed by atoms with van der Waals surface area (Å²) in [5, 5.41) is 2.69. The van der Waals surface area contributed by atoms with Gasteiger partial charge in [0.05, 0.1) is 15.5 Å². The number of hydrogen-bond donors (Lipinski definition) is 1. The third-order valence-corrected chi connectivity index (χ3v) is 5.51. The van der Waals surface area contributed by atoms with E-state index < -0.39 is 28.5 Å². The van der Waals surface area contributed by atoms with E-state index in [-0.39, 0.29) is 15.5 Å². The Morgan fingerprint density at radius 2 is 1.92 bits per heavy atom. The summed E-state index contributed by atoms with van der Waals surface area (Å²) in [4.78, 5) is 23.6. The lowest BCUT2D eigenvalue weighted by molar-refractivity contribution is -0.124. The first-order valence-corrected chi connectivity index (χ1v) is 9.67. The summed E-state index contributed by atoms with van der Waals surface area (Å²) in [6.07, 6.45) is 2.89. The molecule has 140 valence electrons. The van der Waals surface area contributed by atoms with Gasteiger partial charge in [-0.2, -0.15) is 0 Å². The number of benzene rings is 1. The molecule has 0 unspecified atom stereocenters. The van der Waals surface area contributed by atoms with E-state index in [0.717, 1.165) is 29.6 Å². The zero-order chi connectivity index (χ0) is 19.0. The highest BCUT2D eigenvalue weighted by Crippen LogP contribution is 2.22. The zero-order valence-electron chi connectivity index (χ0n) is 14.5. The highest BCUT2D eigenvalue weighted by Gasteiger charge is 2.21. The smallest absolute Gasteiger partial charge is 0.340 e. The molecule has 0 heterocycles. The van der Waals surface area contributed by atoms with E-state index in [1.54, 1.807) is 0 Å². The quantitative estimate of drug-likeness (QED) is 0.514. The van der Waals surface area contributed by atoms with Crippen LogP contribution in [-0.4, -0.2) is 51.8 Å². The third-order valence-electron chi connectivity index (χ3n) is 3.37. The van der Waals surface area contributed by atoms with Crippen molar-refractivity contribution in [3.63, 3.8) is 0 Å². The normalized spacial score (nSPS) is 11.4. The standard InChI is InChI=1S/C16H23ClN2O5S/c1-4-5-6-9-18-15(20)11-24-16(21)13-10-12(7-8-14(13)17)25(22,23)19(2)3/h7-8,10H,4-6,9,11H2,1-3H3,(H,18,20). The first-order chi connectivity index (χ1) is 11.7. The minimum Gasteiger partial charge on any atom is -0.452 e. The molecule has 1 N–H and O–H groups in total. The number of carbonyl (C=O) groups excluding carboxylic acids is 2. The first-order valence-electron chi connectivity index (χ1n) is 7.86. The van der Waals surface area contributed by atoms with Crippen molar-refractivity contribution in [3.05, 3.63) is 28.8 Å². The molecular weight excluding hydrogens is 368 g/mol. The highest BCUT2D eigenvalue weighted by molar-refractivity contribution is 7.89. The van der Waals surface area contributed by atoms with Crippen LogP contribution in [0.4, 0.5) is 0 Å². The fourth-order valence-electron chi connectivity index (χ4n) is 1.89. The minimum atomic E-state index is -3.71. The molecule has 0 aliphatic carbocycles. The molecule has 1 aromatic rings. The van der Waals surface area contributed by atoms with Crippen LogP contribution in [0.15, 0.2) is 23.1 Å². The van der Waals surface area contributed by atoms with Crippen LogP contribution in [0.3, 0.4) is 0 Å². The predicted octanol–water partition coefficient (Wildman–Crippen LogP) is 2.05. The molecule has 0 saturated heterocycles. The van der Waals surface area contributed by atoms with Gasteiger partial charge in [-0.3, -0.25) is 4.79 Å². The number of hydrogen-bond acceptors (Lipinski definition) is 5. The van der Waals surface area contributed by atoms with Gasteiger partial charge in [0.1, 0.15) is 0 Å². The van der Waals surface area contributed by atoms with E-state index in [0.29, 0.717) is 6.54 Å². The lowest BCUT2D eigenvalue weighted by Gasteiger charge is -2.13. The van der Waals surface area contributed by atoms with Crippen molar-refractivity contribution in [2.75, 3.05) is 27.2 Å². The highest BCUT2D eigenvalue weighted by atomic mass is 35.5. The Bertz CT molecular complexity index is 719. The zero-order valence-corrected chi connectivity index (χ0v) is 16.1. The number of rotatable bonds is 9. The van der Waals surface area contributed by atoms with E-state index >= 15 is 0 Å². The molecule has 0 radical (unpaired) electrons. The van der Waals surface area contributed by atoms with Crippen molar-refractivity contribution in [1.29, 1.82) is 0 Å². The lowest BCUT2D eigenvalue weighted by atomic mass is 10.2. The monoisotopic (exact) mass is 390 g/mol. The van der Waals surface area contributed by atoms with Crippen molar-refractivity contribution in [1.82, 2.24) is 9.62 Å². The molecule has 1 amide bonds. The van der Waals surface area contributed by atoms with Gasteiger partial charge in [0.2, 0.25) is 10.0 Å². The van der Waals surface area contributed by atoms with Gasteiger partial charge in [-0.25, -0.2) is 17.5 Å². The van der Waals surface area contributed by atoms with Crippen LogP contribution >= 0.6 is 11.6 Å². The van der Waals surface area contributed by atoms with Crippen molar-refractivity contribution in [2.24, 2.45) is 0 Å². The Morgan fingerprint density at radius 1 is 1.24 bits per heavy atom. The molecule has 0 saturated carbocycles. The largest absolute Gasteiger partial charge is 0.452 e. The third kappa shape index (κ3) is 6.30. The summed E-state index contributed by atoms with van der Waals surface area (Å²) >= 11 is 5.94. The van der Waals surface area contributed by atoms with E-state index in [4.69, 9.17) is 16.3 Å². The van der Waals surface area contributed by atoms with Crippen LogP contribution in [0, 0.1) is 0 Å². The molecule has 9 heteroatoms. The topological polar surface area (TPSA) is 92.8 Å². The maximum atomic E-state index is 12.1. The molecule has 1 rings (SSSR count). The number of halogens is 1. The number of amides is 1. The molecule has 0 aliphatic heterocycles. The van der Waals surface area contributed by atoms with Gasteiger partial charge in [0.15, 0.2) is 6.61 Å². The van der Waals surface area contributed by atoms with Gasteiger partial charge in [-0.05, 0) is 24.6 Å². The van der Waals surface area contributed by atoms with Crippen molar-refractivity contribution in [3.8, 4) is 0 Å². The predicted molar refractivity (Wildman–Crippen MR) is 95.1 cm³/mol. The van der Waals surface area contributed by atoms with Crippen LogP contribution in [0.5, 0.6) is 0 Å². The van der Waals surface area contributed by atoms with Crippen molar-refractivity contribution in [2.45, 2.75) is 31.1 Å². The van der Waals surface area contributed by atoms with E-state index in [2.05, 4.69) is 12.2 Å². The lowest BCUT2D eigenvalue weighted by Crippen LogP contribution is -2.29.